The van der Waals surface area contributed by atoms with Crippen LogP contribution in [0.15, 0.2) is 78.9 Å². The maximum Gasteiger partial charge on any atom is -0.00242 e. The lowest BCUT2D eigenvalue weighted by Gasteiger charge is -2.13. The number of hydrogen-bond acceptors (Lipinski definition) is 0. The van der Waals surface area contributed by atoms with E-state index in [-0.39, 0.29) is 0 Å². The maximum absolute atomic E-state index is 2.28. The van der Waals surface area contributed by atoms with Crippen molar-refractivity contribution in [2.45, 2.75) is 34.6 Å². The lowest BCUT2D eigenvalue weighted by molar-refractivity contribution is 1.47. The second-order valence-electron chi connectivity index (χ2n) is 5.51. The molecule has 0 aliphatic heterocycles. The second-order valence-corrected chi connectivity index (χ2v) is 5.51. The van der Waals surface area contributed by atoms with E-state index in [1.54, 1.807) is 0 Å². The van der Waals surface area contributed by atoms with E-state index in [9.17, 15) is 0 Å². The molecular formula is C25H28. The first-order chi connectivity index (χ1) is 12.3. The predicted molar refractivity (Wildman–Crippen MR) is 114 cm³/mol. The van der Waals surface area contributed by atoms with Crippen LogP contribution >= 0.6 is 0 Å². The lowest BCUT2D eigenvalue weighted by Crippen LogP contribution is -1.87. The van der Waals surface area contributed by atoms with E-state index in [0.717, 1.165) is 0 Å². The van der Waals surface area contributed by atoms with Crippen molar-refractivity contribution in [1.29, 1.82) is 0 Å². The first kappa shape index (κ1) is 18.7. The number of benzene rings is 4. The summed E-state index contributed by atoms with van der Waals surface area (Å²) in [6.45, 7) is 10.2. The summed E-state index contributed by atoms with van der Waals surface area (Å²) in [5.74, 6) is 0. The van der Waals surface area contributed by atoms with Crippen LogP contribution in [0.4, 0.5) is 0 Å². The smallest absolute Gasteiger partial charge is 0.00242 e. The molecule has 0 unspecified atom stereocenters. The van der Waals surface area contributed by atoms with Crippen molar-refractivity contribution in [1.82, 2.24) is 0 Å². The summed E-state index contributed by atoms with van der Waals surface area (Å²) >= 11 is 0. The molecule has 128 valence electrons. The van der Waals surface area contributed by atoms with Gasteiger partial charge in [-0.1, -0.05) is 100 Å². The molecule has 0 aliphatic carbocycles. The molecule has 0 fully saturated rings. The first-order valence-electron chi connectivity index (χ1n) is 9.31. The Bertz CT molecular complexity index is 894. The standard InChI is InChI=1S/C21H16.2C2H6/c1-15-8-2-5-11-18(15)21-19-12-6-3-9-16(19)14-17-10-4-7-13-20(17)21;2*1-2/h2-14H,1H3;2*1-2H3. The number of rotatable bonds is 1. The van der Waals surface area contributed by atoms with Gasteiger partial charge < -0.3 is 0 Å². The highest BCUT2D eigenvalue weighted by atomic mass is 14.1. The molecule has 0 atom stereocenters. The Balaban J connectivity index is 0.000000528. The van der Waals surface area contributed by atoms with Gasteiger partial charge in [0.15, 0.2) is 0 Å². The normalized spacial score (nSPS) is 9.80. The molecule has 4 aromatic carbocycles. The molecule has 25 heavy (non-hydrogen) atoms. The Labute approximate surface area is 152 Å². The second kappa shape index (κ2) is 9.03. The highest BCUT2D eigenvalue weighted by molar-refractivity contribution is 6.12. The molecule has 0 aromatic heterocycles. The zero-order valence-electron chi connectivity index (χ0n) is 16.0. The third-order valence-electron chi connectivity index (χ3n) is 4.19. The van der Waals surface area contributed by atoms with Gasteiger partial charge in [-0.2, -0.15) is 0 Å². The van der Waals surface area contributed by atoms with Gasteiger partial charge in [-0.15, -0.1) is 0 Å². The molecule has 0 heteroatoms. The van der Waals surface area contributed by atoms with Gasteiger partial charge in [-0.3, -0.25) is 0 Å². The van der Waals surface area contributed by atoms with E-state index in [2.05, 4.69) is 85.8 Å². The Kier molecular flexibility index (Phi) is 6.77. The molecule has 4 rings (SSSR count). The predicted octanol–water partition coefficient (Wildman–Crippen LogP) is 8.02. The molecular weight excluding hydrogens is 300 g/mol. The van der Waals surface area contributed by atoms with Crippen molar-refractivity contribution >= 4 is 21.5 Å². The summed E-state index contributed by atoms with van der Waals surface area (Å²) in [4.78, 5) is 0. The van der Waals surface area contributed by atoms with Gasteiger partial charge >= 0.3 is 0 Å². The van der Waals surface area contributed by atoms with Gasteiger partial charge in [-0.05, 0) is 51.2 Å². The minimum atomic E-state index is 1.30. The largest absolute Gasteiger partial charge is 0.0683 e. The first-order valence-corrected chi connectivity index (χ1v) is 9.31. The van der Waals surface area contributed by atoms with Crippen LogP contribution < -0.4 is 0 Å². The van der Waals surface area contributed by atoms with Crippen LogP contribution in [-0.2, 0) is 0 Å². The topological polar surface area (TPSA) is 0 Å². The Morgan fingerprint density at radius 1 is 0.520 bits per heavy atom. The van der Waals surface area contributed by atoms with Gasteiger partial charge in [0, 0.05) is 0 Å². The van der Waals surface area contributed by atoms with Crippen molar-refractivity contribution in [3.63, 3.8) is 0 Å². The monoisotopic (exact) mass is 328 g/mol. The van der Waals surface area contributed by atoms with Crippen LogP contribution in [-0.4, -0.2) is 0 Å². The van der Waals surface area contributed by atoms with Crippen LogP contribution in [0.3, 0.4) is 0 Å². The number of fused-ring (bicyclic) bond motifs is 2. The molecule has 0 nitrogen and oxygen atoms in total. The quantitative estimate of drug-likeness (QED) is 0.310. The summed E-state index contributed by atoms with van der Waals surface area (Å²) < 4.78 is 0. The summed E-state index contributed by atoms with van der Waals surface area (Å²) in [5, 5.41) is 5.25. The van der Waals surface area contributed by atoms with E-state index < -0.39 is 0 Å². The molecule has 0 bridgehead atoms. The van der Waals surface area contributed by atoms with E-state index in [0.29, 0.717) is 0 Å². The van der Waals surface area contributed by atoms with Crippen molar-refractivity contribution in [2.75, 3.05) is 0 Å². The minimum Gasteiger partial charge on any atom is -0.0683 e. The van der Waals surface area contributed by atoms with Gasteiger partial charge in [0.1, 0.15) is 0 Å². The number of hydrogen-bond donors (Lipinski definition) is 0. The average molecular weight is 328 g/mol. The highest BCUT2D eigenvalue weighted by Crippen LogP contribution is 2.37. The fourth-order valence-electron chi connectivity index (χ4n) is 3.16. The third kappa shape index (κ3) is 3.74. The molecule has 0 aliphatic rings. The van der Waals surface area contributed by atoms with Crippen molar-refractivity contribution in [2.24, 2.45) is 0 Å². The third-order valence-corrected chi connectivity index (χ3v) is 4.19. The van der Waals surface area contributed by atoms with Crippen LogP contribution in [0.25, 0.3) is 32.7 Å². The van der Waals surface area contributed by atoms with Crippen molar-refractivity contribution < 1.29 is 0 Å². The molecule has 0 heterocycles. The van der Waals surface area contributed by atoms with Gasteiger partial charge in [0.25, 0.3) is 0 Å². The average Bonchev–Trinajstić information content (AvgIpc) is 2.70. The molecule has 0 saturated heterocycles. The molecule has 0 N–H and O–H groups in total. The fourth-order valence-corrected chi connectivity index (χ4v) is 3.16. The fraction of sp³-hybridized carbons (Fsp3) is 0.200. The van der Waals surface area contributed by atoms with E-state index in [4.69, 9.17) is 0 Å². The Morgan fingerprint density at radius 2 is 0.960 bits per heavy atom. The zero-order chi connectivity index (χ0) is 18.2. The zero-order valence-corrected chi connectivity index (χ0v) is 16.0. The Morgan fingerprint density at radius 3 is 1.48 bits per heavy atom. The van der Waals surface area contributed by atoms with Crippen LogP contribution in [0.1, 0.15) is 33.3 Å². The molecule has 0 radical (unpaired) electrons. The van der Waals surface area contributed by atoms with Gasteiger partial charge in [0.05, 0.1) is 0 Å². The van der Waals surface area contributed by atoms with Crippen LogP contribution in [0, 0.1) is 6.92 Å². The minimum absolute atomic E-state index is 1.30. The molecule has 4 aromatic rings. The van der Waals surface area contributed by atoms with E-state index in [1.807, 2.05) is 27.7 Å². The lowest BCUT2D eigenvalue weighted by atomic mass is 9.90. The summed E-state index contributed by atoms with van der Waals surface area (Å²) in [5.41, 5.74) is 3.99. The van der Waals surface area contributed by atoms with E-state index >= 15 is 0 Å². The molecule has 0 spiro atoms. The molecule has 0 amide bonds. The number of aryl methyl sites for hydroxylation is 1. The van der Waals surface area contributed by atoms with Gasteiger partial charge in [-0.25, -0.2) is 0 Å². The van der Waals surface area contributed by atoms with E-state index in [1.165, 1.54) is 38.2 Å². The van der Waals surface area contributed by atoms with Crippen molar-refractivity contribution in [3.05, 3.63) is 84.4 Å². The van der Waals surface area contributed by atoms with Crippen LogP contribution in [0.2, 0.25) is 0 Å². The summed E-state index contributed by atoms with van der Waals surface area (Å²) in [7, 11) is 0. The van der Waals surface area contributed by atoms with Gasteiger partial charge in [0.2, 0.25) is 0 Å². The summed E-state index contributed by atoms with van der Waals surface area (Å²) in [6, 6.07) is 28.2. The SMILES string of the molecule is CC.CC.Cc1ccccc1-c1c2ccccc2cc2ccccc12. The van der Waals surface area contributed by atoms with Crippen LogP contribution in [0.5, 0.6) is 0 Å². The Hall–Kier alpha value is -2.60. The van der Waals surface area contributed by atoms with Crippen molar-refractivity contribution in [3.8, 4) is 11.1 Å². The highest BCUT2D eigenvalue weighted by Gasteiger charge is 2.10. The maximum atomic E-state index is 2.28. The molecule has 0 saturated carbocycles. The summed E-state index contributed by atoms with van der Waals surface area (Å²) in [6.07, 6.45) is 0.